The van der Waals surface area contributed by atoms with Gasteiger partial charge in [-0.1, -0.05) is 37.3 Å². The fraction of sp³-hybridized carbons (Fsp3) is 0.350. The van der Waals surface area contributed by atoms with Crippen molar-refractivity contribution in [1.29, 1.82) is 0 Å². The van der Waals surface area contributed by atoms with Crippen LogP contribution in [0, 0.1) is 0 Å². The molecule has 26 heavy (non-hydrogen) atoms. The van der Waals surface area contributed by atoms with Crippen molar-refractivity contribution >= 4 is 11.8 Å². The summed E-state index contributed by atoms with van der Waals surface area (Å²) in [5, 5.41) is 5.39. The molecule has 1 unspecified atom stereocenters. The van der Waals surface area contributed by atoms with Gasteiger partial charge in [0.2, 0.25) is 0 Å². The maximum absolute atomic E-state index is 12.9. The number of benzene rings is 1. The first-order valence-corrected chi connectivity index (χ1v) is 8.89. The second kappa shape index (κ2) is 7.56. The minimum Gasteiger partial charge on any atom is -0.355 e. The Kier molecular flexibility index (Phi) is 5.21. The lowest BCUT2D eigenvalue weighted by Crippen LogP contribution is -2.35. The topological polar surface area (TPSA) is 80.2 Å². The Morgan fingerprint density at radius 3 is 2.46 bits per heavy atom. The number of hydrogen-bond donors (Lipinski definition) is 2. The molecule has 0 bridgehead atoms. The van der Waals surface area contributed by atoms with Gasteiger partial charge >= 0.3 is 0 Å². The van der Waals surface area contributed by atoms with Crippen LogP contribution in [0.4, 0.5) is 0 Å². The fourth-order valence-corrected chi connectivity index (χ4v) is 3.02. The molecule has 0 radical (unpaired) electrons. The van der Waals surface area contributed by atoms with Crippen LogP contribution in [-0.4, -0.2) is 29.5 Å². The molecule has 1 atom stereocenters. The highest BCUT2D eigenvalue weighted by Crippen LogP contribution is 2.22. The number of aromatic nitrogens is 1. The van der Waals surface area contributed by atoms with Crippen LogP contribution < -0.4 is 16.2 Å². The Labute approximate surface area is 152 Å². The highest BCUT2D eigenvalue weighted by molar-refractivity contribution is 5.99. The standard InChI is InChI=1S/C20H23N3O3/c1-3-17(13-7-5-4-6-8-13)23-12-14(18(24)22-15-9-10-15)11-16(20(23)26)19(25)21-2/h4-8,11-12,15,17H,3,9-10H2,1-2H3,(H,21,25)(H,22,24). The zero-order chi connectivity index (χ0) is 18.7. The maximum atomic E-state index is 12.9. The predicted molar refractivity (Wildman–Crippen MR) is 99.5 cm³/mol. The number of amides is 2. The molecule has 2 N–H and O–H groups in total. The molecule has 1 saturated carbocycles. The van der Waals surface area contributed by atoms with Crippen molar-refractivity contribution in [2.75, 3.05) is 7.05 Å². The molecule has 1 aliphatic carbocycles. The van der Waals surface area contributed by atoms with Gasteiger partial charge in [-0.2, -0.15) is 0 Å². The molecular weight excluding hydrogens is 330 g/mol. The lowest BCUT2D eigenvalue weighted by molar-refractivity contribution is 0.0950. The van der Waals surface area contributed by atoms with E-state index in [-0.39, 0.29) is 23.6 Å². The molecule has 1 aromatic carbocycles. The van der Waals surface area contributed by atoms with E-state index >= 15 is 0 Å². The molecule has 2 aromatic rings. The molecule has 0 spiro atoms. The van der Waals surface area contributed by atoms with Crippen molar-refractivity contribution in [2.24, 2.45) is 0 Å². The van der Waals surface area contributed by atoms with Crippen molar-refractivity contribution in [3.05, 3.63) is 69.6 Å². The molecule has 1 fully saturated rings. The Bertz CT molecular complexity index is 870. The Hall–Kier alpha value is -2.89. The summed E-state index contributed by atoms with van der Waals surface area (Å²) in [4.78, 5) is 37.6. The van der Waals surface area contributed by atoms with Crippen molar-refractivity contribution in [1.82, 2.24) is 15.2 Å². The molecule has 1 aromatic heterocycles. The van der Waals surface area contributed by atoms with Crippen LogP contribution in [0.15, 0.2) is 47.4 Å². The monoisotopic (exact) mass is 353 g/mol. The minimum atomic E-state index is -0.493. The summed E-state index contributed by atoms with van der Waals surface area (Å²) >= 11 is 0. The molecule has 1 aliphatic rings. The number of pyridine rings is 1. The summed E-state index contributed by atoms with van der Waals surface area (Å²) in [7, 11) is 1.47. The third kappa shape index (κ3) is 3.69. The number of nitrogens with zero attached hydrogens (tertiary/aromatic N) is 1. The number of nitrogens with one attached hydrogen (secondary N) is 2. The largest absolute Gasteiger partial charge is 0.355 e. The zero-order valence-corrected chi connectivity index (χ0v) is 15.0. The first-order valence-electron chi connectivity index (χ1n) is 8.89. The summed E-state index contributed by atoms with van der Waals surface area (Å²) in [6.45, 7) is 1.97. The number of carbonyl (C=O) groups is 2. The normalized spacial score (nSPS) is 14.5. The van der Waals surface area contributed by atoms with E-state index in [2.05, 4.69) is 10.6 Å². The molecular formula is C20H23N3O3. The van der Waals surface area contributed by atoms with Crippen molar-refractivity contribution in [3.63, 3.8) is 0 Å². The molecule has 3 rings (SSSR count). The third-order valence-electron chi connectivity index (χ3n) is 4.60. The van der Waals surface area contributed by atoms with E-state index in [1.807, 2.05) is 37.3 Å². The second-order valence-electron chi connectivity index (χ2n) is 6.52. The fourth-order valence-electron chi connectivity index (χ4n) is 3.02. The number of hydrogen-bond acceptors (Lipinski definition) is 3. The van der Waals surface area contributed by atoms with Crippen LogP contribution >= 0.6 is 0 Å². The molecule has 0 saturated heterocycles. The van der Waals surface area contributed by atoms with E-state index in [9.17, 15) is 14.4 Å². The van der Waals surface area contributed by atoms with Gasteiger partial charge in [-0.3, -0.25) is 14.4 Å². The summed E-state index contributed by atoms with van der Waals surface area (Å²) in [6.07, 6.45) is 4.16. The first-order chi connectivity index (χ1) is 12.5. The first kappa shape index (κ1) is 17.9. The van der Waals surface area contributed by atoms with E-state index < -0.39 is 11.5 Å². The smallest absolute Gasteiger partial charge is 0.264 e. The van der Waals surface area contributed by atoms with Crippen LogP contribution in [0.2, 0.25) is 0 Å². The van der Waals surface area contributed by atoms with E-state index in [4.69, 9.17) is 0 Å². The van der Waals surface area contributed by atoms with Crippen molar-refractivity contribution in [2.45, 2.75) is 38.3 Å². The van der Waals surface area contributed by atoms with Gasteiger partial charge in [0.05, 0.1) is 11.6 Å². The summed E-state index contributed by atoms with van der Waals surface area (Å²) in [6, 6.07) is 10.9. The summed E-state index contributed by atoms with van der Waals surface area (Å²) in [5.41, 5.74) is 0.859. The Morgan fingerprint density at radius 1 is 1.19 bits per heavy atom. The number of rotatable bonds is 6. The second-order valence-corrected chi connectivity index (χ2v) is 6.52. The molecule has 0 aliphatic heterocycles. The average molecular weight is 353 g/mol. The van der Waals surface area contributed by atoms with Gasteiger partial charge in [-0.15, -0.1) is 0 Å². The zero-order valence-electron chi connectivity index (χ0n) is 15.0. The lowest BCUT2D eigenvalue weighted by atomic mass is 10.0. The van der Waals surface area contributed by atoms with E-state index in [0.29, 0.717) is 12.0 Å². The van der Waals surface area contributed by atoms with E-state index in [0.717, 1.165) is 18.4 Å². The van der Waals surface area contributed by atoms with Gasteiger partial charge in [0.15, 0.2) is 0 Å². The van der Waals surface area contributed by atoms with Gasteiger partial charge in [0, 0.05) is 19.3 Å². The van der Waals surface area contributed by atoms with Crippen LogP contribution in [0.3, 0.4) is 0 Å². The highest BCUT2D eigenvalue weighted by Gasteiger charge is 2.26. The minimum absolute atomic E-state index is 0.0228. The SMILES string of the molecule is CCC(c1ccccc1)n1cc(C(=O)NC2CC2)cc(C(=O)NC)c1=O. The molecule has 1 heterocycles. The third-order valence-corrected chi connectivity index (χ3v) is 4.60. The van der Waals surface area contributed by atoms with Gasteiger partial charge in [0.1, 0.15) is 5.56 Å². The Morgan fingerprint density at radius 2 is 1.88 bits per heavy atom. The van der Waals surface area contributed by atoms with E-state index in [1.165, 1.54) is 17.7 Å². The van der Waals surface area contributed by atoms with Gasteiger partial charge < -0.3 is 15.2 Å². The van der Waals surface area contributed by atoms with Crippen LogP contribution in [0.1, 0.15) is 58.5 Å². The van der Waals surface area contributed by atoms with Gasteiger partial charge in [-0.05, 0) is 30.9 Å². The van der Waals surface area contributed by atoms with Crippen molar-refractivity contribution < 1.29 is 9.59 Å². The average Bonchev–Trinajstić information content (AvgIpc) is 3.47. The van der Waals surface area contributed by atoms with Crippen LogP contribution in [0.25, 0.3) is 0 Å². The van der Waals surface area contributed by atoms with Crippen LogP contribution in [0.5, 0.6) is 0 Å². The molecule has 6 heteroatoms. The highest BCUT2D eigenvalue weighted by atomic mass is 16.2. The maximum Gasteiger partial charge on any atom is 0.264 e. The lowest BCUT2D eigenvalue weighted by Gasteiger charge is -2.20. The Balaban J connectivity index is 2.11. The molecule has 6 nitrogen and oxygen atoms in total. The van der Waals surface area contributed by atoms with Gasteiger partial charge in [0.25, 0.3) is 17.4 Å². The quantitative estimate of drug-likeness (QED) is 0.835. The van der Waals surface area contributed by atoms with Crippen LogP contribution in [-0.2, 0) is 0 Å². The predicted octanol–water partition coefficient (Wildman–Crippen LogP) is 2.10. The van der Waals surface area contributed by atoms with E-state index in [1.54, 1.807) is 6.20 Å². The molecule has 2 amide bonds. The van der Waals surface area contributed by atoms with Crippen molar-refractivity contribution in [3.8, 4) is 0 Å². The van der Waals surface area contributed by atoms with Gasteiger partial charge in [-0.25, -0.2) is 0 Å². The number of carbonyl (C=O) groups excluding carboxylic acids is 2. The summed E-state index contributed by atoms with van der Waals surface area (Å²) < 4.78 is 1.50. The molecule has 136 valence electrons. The summed E-state index contributed by atoms with van der Waals surface area (Å²) in [5.74, 6) is -0.748.